The first kappa shape index (κ1) is 16.5. The molecule has 2 rings (SSSR count). The normalized spacial score (nSPS) is 12.2. The van der Waals surface area contributed by atoms with Crippen molar-refractivity contribution in [3.05, 3.63) is 41.2 Å². The Labute approximate surface area is 128 Å². The van der Waals surface area contributed by atoms with Crippen LogP contribution < -0.4 is 5.32 Å². The number of alkyl halides is 3. The number of rotatable bonds is 4. The van der Waals surface area contributed by atoms with Crippen LogP contribution in [0.4, 0.5) is 13.2 Å². The Hall–Kier alpha value is -1.82. The summed E-state index contributed by atoms with van der Waals surface area (Å²) in [4.78, 5) is 3.83. The van der Waals surface area contributed by atoms with Crippen LogP contribution in [-0.2, 0) is 12.7 Å². The molecule has 3 nitrogen and oxygen atoms in total. The van der Waals surface area contributed by atoms with Gasteiger partial charge in [0.05, 0.1) is 0 Å². The van der Waals surface area contributed by atoms with Gasteiger partial charge in [0.2, 0.25) is 0 Å². The number of imidazole rings is 1. The van der Waals surface area contributed by atoms with Crippen LogP contribution in [0.15, 0.2) is 24.4 Å². The molecule has 1 N–H and O–H groups in total. The van der Waals surface area contributed by atoms with Crippen molar-refractivity contribution in [3.8, 4) is 11.4 Å². The Kier molecular flexibility index (Phi) is 4.60. The zero-order chi connectivity index (χ0) is 16.5. The highest BCUT2D eigenvalue weighted by Crippen LogP contribution is 2.33. The lowest BCUT2D eigenvalue weighted by molar-refractivity contribution is -0.140. The van der Waals surface area contributed by atoms with Gasteiger partial charge in [0, 0.05) is 24.3 Å². The molecule has 0 atom stereocenters. The van der Waals surface area contributed by atoms with Crippen LogP contribution >= 0.6 is 0 Å². The van der Waals surface area contributed by atoms with Gasteiger partial charge < -0.3 is 9.88 Å². The van der Waals surface area contributed by atoms with Gasteiger partial charge in [-0.2, -0.15) is 13.2 Å². The Balaban J connectivity index is 2.54. The molecule has 0 unspecified atom stereocenters. The monoisotopic (exact) mass is 311 g/mol. The van der Waals surface area contributed by atoms with Crippen molar-refractivity contribution in [2.75, 3.05) is 7.05 Å². The first-order valence-corrected chi connectivity index (χ1v) is 7.14. The van der Waals surface area contributed by atoms with E-state index in [9.17, 15) is 13.2 Å². The van der Waals surface area contributed by atoms with Crippen LogP contribution in [0, 0.1) is 6.92 Å². The SMILES string of the molecule is CNCc1ccc(-c2nc(C(F)(F)F)cn2C(C)C)c(C)c1. The number of hydrogen-bond donors (Lipinski definition) is 1. The lowest BCUT2D eigenvalue weighted by atomic mass is 10.0. The molecule has 0 aliphatic carbocycles. The molecular formula is C16H20F3N3. The van der Waals surface area contributed by atoms with E-state index in [0.717, 1.165) is 22.9 Å². The van der Waals surface area contributed by atoms with E-state index < -0.39 is 11.9 Å². The van der Waals surface area contributed by atoms with E-state index in [2.05, 4.69) is 10.3 Å². The molecule has 1 aromatic carbocycles. The third-order valence-corrected chi connectivity index (χ3v) is 3.49. The molecule has 0 aliphatic heterocycles. The van der Waals surface area contributed by atoms with E-state index in [4.69, 9.17) is 0 Å². The van der Waals surface area contributed by atoms with Crippen LogP contribution in [-0.4, -0.2) is 16.6 Å². The number of aryl methyl sites for hydroxylation is 1. The predicted molar refractivity (Wildman–Crippen MR) is 80.6 cm³/mol. The van der Waals surface area contributed by atoms with Crippen LogP contribution in [0.25, 0.3) is 11.4 Å². The maximum Gasteiger partial charge on any atom is 0.434 e. The van der Waals surface area contributed by atoms with Gasteiger partial charge >= 0.3 is 6.18 Å². The fourth-order valence-electron chi connectivity index (χ4n) is 2.41. The number of benzene rings is 1. The quantitative estimate of drug-likeness (QED) is 0.918. The van der Waals surface area contributed by atoms with E-state index in [0.29, 0.717) is 12.4 Å². The molecule has 1 heterocycles. The molecule has 0 fully saturated rings. The van der Waals surface area contributed by atoms with Crippen molar-refractivity contribution < 1.29 is 13.2 Å². The van der Waals surface area contributed by atoms with E-state index in [1.165, 1.54) is 0 Å². The van der Waals surface area contributed by atoms with Crippen molar-refractivity contribution in [1.29, 1.82) is 0 Å². The second-order valence-electron chi connectivity index (χ2n) is 5.63. The van der Waals surface area contributed by atoms with Crippen LogP contribution in [0.5, 0.6) is 0 Å². The van der Waals surface area contributed by atoms with Gasteiger partial charge in [-0.1, -0.05) is 18.2 Å². The average Bonchev–Trinajstić information content (AvgIpc) is 2.84. The standard InChI is InChI=1S/C16H20F3N3/c1-10(2)22-9-14(16(17,18)19)21-15(22)13-6-5-12(8-20-4)7-11(13)3/h5-7,9-10,20H,8H2,1-4H3. The van der Waals surface area contributed by atoms with Gasteiger partial charge in [0.25, 0.3) is 0 Å². The van der Waals surface area contributed by atoms with Gasteiger partial charge in [0.1, 0.15) is 5.82 Å². The molecule has 0 aliphatic rings. The zero-order valence-electron chi connectivity index (χ0n) is 13.1. The molecule has 2 aromatic rings. The molecule has 0 amide bonds. The van der Waals surface area contributed by atoms with Crippen molar-refractivity contribution in [2.45, 2.75) is 39.5 Å². The largest absolute Gasteiger partial charge is 0.434 e. The van der Waals surface area contributed by atoms with Crippen molar-refractivity contribution >= 4 is 0 Å². The van der Waals surface area contributed by atoms with Gasteiger partial charge in [-0.05, 0) is 38.9 Å². The molecular weight excluding hydrogens is 291 g/mol. The molecule has 0 saturated carbocycles. The second-order valence-corrected chi connectivity index (χ2v) is 5.63. The summed E-state index contributed by atoms with van der Waals surface area (Å²) in [7, 11) is 1.85. The highest BCUT2D eigenvalue weighted by atomic mass is 19.4. The first-order chi connectivity index (χ1) is 10.2. The minimum Gasteiger partial charge on any atom is -0.328 e. The van der Waals surface area contributed by atoms with Gasteiger partial charge in [-0.25, -0.2) is 4.98 Å². The first-order valence-electron chi connectivity index (χ1n) is 7.14. The minimum absolute atomic E-state index is 0.102. The molecule has 0 bridgehead atoms. The third kappa shape index (κ3) is 3.32. The molecule has 0 saturated heterocycles. The summed E-state index contributed by atoms with van der Waals surface area (Å²) < 4.78 is 40.4. The maximum absolute atomic E-state index is 12.9. The fraction of sp³-hybridized carbons (Fsp3) is 0.438. The van der Waals surface area contributed by atoms with Crippen LogP contribution in [0.3, 0.4) is 0 Å². The molecule has 0 spiro atoms. The van der Waals surface area contributed by atoms with Crippen molar-refractivity contribution in [2.24, 2.45) is 0 Å². The fourth-order valence-corrected chi connectivity index (χ4v) is 2.41. The molecule has 22 heavy (non-hydrogen) atoms. The summed E-state index contributed by atoms with van der Waals surface area (Å²) in [5.74, 6) is 0.357. The van der Waals surface area contributed by atoms with Gasteiger partial charge in [-0.3, -0.25) is 0 Å². The second kappa shape index (κ2) is 6.12. The molecule has 0 radical (unpaired) electrons. The number of hydrogen-bond acceptors (Lipinski definition) is 2. The summed E-state index contributed by atoms with van der Waals surface area (Å²) >= 11 is 0. The topological polar surface area (TPSA) is 29.9 Å². The van der Waals surface area contributed by atoms with Gasteiger partial charge in [-0.15, -0.1) is 0 Å². The lowest BCUT2D eigenvalue weighted by Gasteiger charge is -2.13. The van der Waals surface area contributed by atoms with Gasteiger partial charge in [0.15, 0.2) is 5.69 Å². The minimum atomic E-state index is -4.44. The molecule has 120 valence electrons. The van der Waals surface area contributed by atoms with E-state index in [-0.39, 0.29) is 6.04 Å². The van der Waals surface area contributed by atoms with E-state index in [1.807, 2.05) is 46.0 Å². The average molecular weight is 311 g/mol. The number of nitrogens with one attached hydrogen (secondary N) is 1. The van der Waals surface area contributed by atoms with E-state index in [1.54, 1.807) is 4.57 Å². The summed E-state index contributed by atoms with van der Waals surface area (Å²) in [5.41, 5.74) is 1.87. The predicted octanol–water partition coefficient (Wildman–Crippen LogP) is 4.18. The summed E-state index contributed by atoms with van der Waals surface area (Å²) in [6.45, 7) is 6.29. The number of nitrogens with zero attached hydrogens (tertiary/aromatic N) is 2. The smallest absolute Gasteiger partial charge is 0.328 e. The number of halogens is 3. The van der Waals surface area contributed by atoms with Crippen LogP contribution in [0.1, 0.15) is 36.7 Å². The Morgan fingerprint density at radius 2 is 1.95 bits per heavy atom. The zero-order valence-corrected chi connectivity index (χ0v) is 13.1. The van der Waals surface area contributed by atoms with E-state index >= 15 is 0 Å². The number of aromatic nitrogens is 2. The molecule has 1 aromatic heterocycles. The highest BCUT2D eigenvalue weighted by Gasteiger charge is 2.35. The molecule has 6 heteroatoms. The lowest BCUT2D eigenvalue weighted by Crippen LogP contribution is -2.06. The Morgan fingerprint density at radius 1 is 1.27 bits per heavy atom. The van der Waals surface area contributed by atoms with Crippen molar-refractivity contribution in [3.63, 3.8) is 0 Å². The Morgan fingerprint density at radius 3 is 2.45 bits per heavy atom. The third-order valence-electron chi connectivity index (χ3n) is 3.49. The Bertz CT molecular complexity index is 657. The summed E-state index contributed by atoms with van der Waals surface area (Å²) in [5, 5.41) is 3.05. The maximum atomic E-state index is 12.9. The summed E-state index contributed by atoms with van der Waals surface area (Å²) in [6.07, 6.45) is -3.35. The van der Waals surface area contributed by atoms with Crippen LogP contribution in [0.2, 0.25) is 0 Å². The summed E-state index contributed by atoms with van der Waals surface area (Å²) in [6, 6.07) is 5.61. The highest BCUT2D eigenvalue weighted by molar-refractivity contribution is 5.62. The van der Waals surface area contributed by atoms with Crippen molar-refractivity contribution in [1.82, 2.24) is 14.9 Å².